The monoisotopic (exact) mass is 263 g/mol. The Balaban J connectivity index is 2.44. The Kier molecular flexibility index (Phi) is 4.10. The van der Waals surface area contributed by atoms with Gasteiger partial charge in [0, 0.05) is 5.02 Å². The van der Waals surface area contributed by atoms with Crippen LogP contribution in [0.4, 0.5) is 0 Å². The summed E-state index contributed by atoms with van der Waals surface area (Å²) in [5.74, 6) is 1.82. The van der Waals surface area contributed by atoms with Crippen LogP contribution in [0, 0.1) is 13.8 Å². The van der Waals surface area contributed by atoms with Gasteiger partial charge in [-0.2, -0.15) is 0 Å². The quantitative estimate of drug-likeness (QED) is 0.892. The molecule has 0 aliphatic carbocycles. The first-order valence-electron chi connectivity index (χ1n) is 6.18. The Labute approximate surface area is 113 Å². The number of furan rings is 1. The summed E-state index contributed by atoms with van der Waals surface area (Å²) in [4.78, 5) is 0. The fourth-order valence-electron chi connectivity index (χ4n) is 2.07. The highest BCUT2D eigenvalue weighted by Crippen LogP contribution is 2.31. The van der Waals surface area contributed by atoms with Crippen LogP contribution in [0.15, 0.2) is 34.7 Å². The minimum Gasteiger partial charge on any atom is -0.464 e. The lowest BCUT2D eigenvalue weighted by atomic mass is 10.0. The zero-order valence-electron chi connectivity index (χ0n) is 11.0. The Hall–Kier alpha value is -1.25. The highest BCUT2D eigenvalue weighted by molar-refractivity contribution is 6.32. The van der Waals surface area contributed by atoms with Crippen molar-refractivity contribution >= 4 is 11.6 Å². The molecule has 3 heteroatoms. The zero-order valence-corrected chi connectivity index (χ0v) is 11.7. The third kappa shape index (κ3) is 2.60. The van der Waals surface area contributed by atoms with Crippen LogP contribution in [0.2, 0.25) is 5.02 Å². The zero-order chi connectivity index (χ0) is 13.1. The molecule has 0 saturated heterocycles. The number of hydrogen-bond donors (Lipinski definition) is 1. The summed E-state index contributed by atoms with van der Waals surface area (Å²) in [5.41, 5.74) is 2.15. The van der Waals surface area contributed by atoms with Gasteiger partial charge in [-0.25, -0.2) is 0 Å². The van der Waals surface area contributed by atoms with Crippen molar-refractivity contribution in [3.05, 3.63) is 58.0 Å². The van der Waals surface area contributed by atoms with Crippen LogP contribution in [0.25, 0.3) is 0 Å². The highest BCUT2D eigenvalue weighted by atomic mass is 35.5. The SMILES string of the molecule is CCNC(c1ccc(C)o1)c1cccc(C)c1Cl. The van der Waals surface area contributed by atoms with Crippen LogP contribution in [0.1, 0.15) is 35.6 Å². The number of hydrogen-bond acceptors (Lipinski definition) is 2. The van der Waals surface area contributed by atoms with E-state index in [-0.39, 0.29) is 6.04 Å². The largest absolute Gasteiger partial charge is 0.464 e. The van der Waals surface area contributed by atoms with Gasteiger partial charge in [0.25, 0.3) is 0 Å². The molecule has 0 aliphatic rings. The summed E-state index contributed by atoms with van der Waals surface area (Å²) in [6.45, 7) is 6.90. The van der Waals surface area contributed by atoms with Gasteiger partial charge in [0.15, 0.2) is 0 Å². The van der Waals surface area contributed by atoms with E-state index in [4.69, 9.17) is 16.0 Å². The van der Waals surface area contributed by atoms with Crippen LogP contribution in [-0.2, 0) is 0 Å². The van der Waals surface area contributed by atoms with Gasteiger partial charge in [-0.3, -0.25) is 0 Å². The number of rotatable bonds is 4. The van der Waals surface area contributed by atoms with Gasteiger partial charge in [0.2, 0.25) is 0 Å². The van der Waals surface area contributed by atoms with Crippen molar-refractivity contribution in [2.75, 3.05) is 6.54 Å². The second kappa shape index (κ2) is 5.59. The van der Waals surface area contributed by atoms with Crippen molar-refractivity contribution in [2.45, 2.75) is 26.8 Å². The molecule has 0 aliphatic heterocycles. The van der Waals surface area contributed by atoms with Gasteiger partial charge in [0.05, 0.1) is 6.04 Å². The van der Waals surface area contributed by atoms with E-state index in [1.165, 1.54) is 0 Å². The van der Waals surface area contributed by atoms with Crippen LogP contribution >= 0.6 is 11.6 Å². The Morgan fingerprint density at radius 1 is 1.22 bits per heavy atom. The molecule has 18 heavy (non-hydrogen) atoms. The molecule has 2 rings (SSSR count). The normalized spacial score (nSPS) is 12.7. The minimum atomic E-state index is 0.0103. The van der Waals surface area contributed by atoms with E-state index in [2.05, 4.69) is 12.2 Å². The molecule has 1 unspecified atom stereocenters. The van der Waals surface area contributed by atoms with E-state index in [0.29, 0.717) is 0 Å². The third-order valence-electron chi connectivity index (χ3n) is 2.99. The van der Waals surface area contributed by atoms with Gasteiger partial charge < -0.3 is 9.73 Å². The summed E-state index contributed by atoms with van der Waals surface area (Å²) < 4.78 is 5.73. The summed E-state index contributed by atoms with van der Waals surface area (Å²) in [7, 11) is 0. The van der Waals surface area contributed by atoms with Gasteiger partial charge in [-0.15, -0.1) is 0 Å². The second-order valence-electron chi connectivity index (χ2n) is 4.42. The van der Waals surface area contributed by atoms with E-state index in [1.54, 1.807) is 0 Å². The standard InChI is InChI=1S/C15H18ClNO/c1-4-17-15(13-9-8-11(3)18-13)12-7-5-6-10(2)14(12)16/h5-9,15,17H,4H2,1-3H3. The van der Waals surface area contributed by atoms with Crippen molar-refractivity contribution in [3.63, 3.8) is 0 Å². The molecule has 0 spiro atoms. The van der Waals surface area contributed by atoms with Crippen molar-refractivity contribution in [3.8, 4) is 0 Å². The summed E-state index contributed by atoms with van der Waals surface area (Å²) >= 11 is 6.40. The Morgan fingerprint density at radius 3 is 2.61 bits per heavy atom. The number of halogens is 1. The van der Waals surface area contributed by atoms with Gasteiger partial charge >= 0.3 is 0 Å². The van der Waals surface area contributed by atoms with E-state index in [0.717, 1.165) is 34.2 Å². The number of benzene rings is 1. The van der Waals surface area contributed by atoms with E-state index in [9.17, 15) is 0 Å². The first-order chi connectivity index (χ1) is 8.63. The molecular formula is C15H18ClNO. The van der Waals surface area contributed by atoms with E-state index in [1.807, 2.05) is 44.2 Å². The first-order valence-corrected chi connectivity index (χ1v) is 6.56. The van der Waals surface area contributed by atoms with Crippen LogP contribution < -0.4 is 5.32 Å². The average molecular weight is 264 g/mol. The fraction of sp³-hybridized carbons (Fsp3) is 0.333. The van der Waals surface area contributed by atoms with Crippen molar-refractivity contribution in [1.82, 2.24) is 5.32 Å². The molecule has 0 bridgehead atoms. The molecule has 1 aromatic heterocycles. The summed E-state index contributed by atoms with van der Waals surface area (Å²) in [6, 6.07) is 10.1. The molecule has 1 heterocycles. The van der Waals surface area contributed by atoms with Crippen molar-refractivity contribution in [1.29, 1.82) is 0 Å². The average Bonchev–Trinajstić information content (AvgIpc) is 2.77. The topological polar surface area (TPSA) is 25.2 Å². The Morgan fingerprint density at radius 2 is 2.00 bits per heavy atom. The predicted molar refractivity (Wildman–Crippen MR) is 75.2 cm³/mol. The maximum Gasteiger partial charge on any atom is 0.125 e. The van der Waals surface area contributed by atoms with Crippen molar-refractivity contribution in [2.24, 2.45) is 0 Å². The fourth-order valence-corrected chi connectivity index (χ4v) is 2.30. The molecule has 0 saturated carbocycles. The molecular weight excluding hydrogens is 246 g/mol. The highest BCUT2D eigenvalue weighted by Gasteiger charge is 2.19. The number of nitrogens with one attached hydrogen (secondary N) is 1. The third-order valence-corrected chi connectivity index (χ3v) is 3.50. The number of aryl methyl sites for hydroxylation is 2. The molecule has 96 valence electrons. The smallest absolute Gasteiger partial charge is 0.125 e. The van der Waals surface area contributed by atoms with Crippen molar-refractivity contribution < 1.29 is 4.42 Å². The lowest BCUT2D eigenvalue weighted by Crippen LogP contribution is -2.22. The molecule has 2 aromatic rings. The molecule has 0 fully saturated rings. The van der Waals surface area contributed by atoms with Crippen LogP contribution in [0.3, 0.4) is 0 Å². The minimum absolute atomic E-state index is 0.0103. The molecule has 1 aromatic carbocycles. The van der Waals surface area contributed by atoms with E-state index >= 15 is 0 Å². The van der Waals surface area contributed by atoms with E-state index < -0.39 is 0 Å². The molecule has 0 amide bonds. The summed E-state index contributed by atoms with van der Waals surface area (Å²) in [5, 5.41) is 4.22. The molecule has 1 atom stereocenters. The lowest BCUT2D eigenvalue weighted by molar-refractivity contribution is 0.435. The second-order valence-corrected chi connectivity index (χ2v) is 4.80. The van der Waals surface area contributed by atoms with Gasteiger partial charge in [-0.1, -0.05) is 36.7 Å². The molecule has 1 N–H and O–H groups in total. The van der Waals surface area contributed by atoms with Crippen LogP contribution in [-0.4, -0.2) is 6.54 Å². The first kappa shape index (κ1) is 13.2. The Bertz CT molecular complexity index is 533. The van der Waals surface area contributed by atoms with Gasteiger partial charge in [-0.05, 0) is 43.7 Å². The van der Waals surface area contributed by atoms with Crippen LogP contribution in [0.5, 0.6) is 0 Å². The molecule has 0 radical (unpaired) electrons. The maximum absolute atomic E-state index is 6.40. The summed E-state index contributed by atoms with van der Waals surface area (Å²) in [6.07, 6.45) is 0. The molecule has 2 nitrogen and oxygen atoms in total. The van der Waals surface area contributed by atoms with Gasteiger partial charge in [0.1, 0.15) is 11.5 Å². The maximum atomic E-state index is 6.40. The lowest BCUT2D eigenvalue weighted by Gasteiger charge is -2.18. The predicted octanol–water partition coefficient (Wildman–Crippen LogP) is 4.25.